The Labute approximate surface area is 143 Å². The molecule has 1 aliphatic rings. The highest BCUT2D eigenvalue weighted by Gasteiger charge is 2.13. The molecule has 0 aliphatic heterocycles. The molecular formula is C22H34O. The fourth-order valence-corrected chi connectivity index (χ4v) is 3.44. The zero-order chi connectivity index (χ0) is 16.3. The van der Waals surface area contributed by atoms with Gasteiger partial charge < -0.3 is 4.74 Å². The van der Waals surface area contributed by atoms with Gasteiger partial charge in [-0.25, -0.2) is 0 Å². The molecule has 0 amide bonds. The van der Waals surface area contributed by atoms with Gasteiger partial charge >= 0.3 is 0 Å². The van der Waals surface area contributed by atoms with E-state index in [9.17, 15) is 0 Å². The number of unbranched alkanes of at least 4 members (excludes halogenated alkanes) is 2. The number of hydrogen-bond acceptors (Lipinski definition) is 1. The van der Waals surface area contributed by atoms with Gasteiger partial charge in [-0.3, -0.25) is 0 Å². The van der Waals surface area contributed by atoms with Crippen molar-refractivity contribution >= 4 is 0 Å². The van der Waals surface area contributed by atoms with Crippen LogP contribution in [0.25, 0.3) is 0 Å². The van der Waals surface area contributed by atoms with Crippen LogP contribution in [0.5, 0.6) is 5.75 Å². The molecule has 23 heavy (non-hydrogen) atoms. The molecule has 0 N–H and O–H groups in total. The summed E-state index contributed by atoms with van der Waals surface area (Å²) in [6.07, 6.45) is 15.4. The largest absolute Gasteiger partial charge is 0.494 e. The van der Waals surface area contributed by atoms with Gasteiger partial charge in [0.15, 0.2) is 0 Å². The maximum absolute atomic E-state index is 5.78. The molecule has 0 bridgehead atoms. The van der Waals surface area contributed by atoms with Crippen molar-refractivity contribution in [2.24, 2.45) is 5.92 Å². The van der Waals surface area contributed by atoms with Gasteiger partial charge in [0.2, 0.25) is 0 Å². The molecule has 1 aliphatic carbocycles. The first-order valence-electron chi connectivity index (χ1n) is 9.71. The average Bonchev–Trinajstić information content (AvgIpc) is 2.59. The van der Waals surface area contributed by atoms with Gasteiger partial charge in [0.05, 0.1) is 6.61 Å². The Kier molecular flexibility index (Phi) is 8.28. The first kappa shape index (κ1) is 18.1. The summed E-state index contributed by atoms with van der Waals surface area (Å²) in [4.78, 5) is 0. The lowest BCUT2D eigenvalue weighted by Gasteiger charge is -2.21. The summed E-state index contributed by atoms with van der Waals surface area (Å²) in [5.41, 5.74) is 3.11. The van der Waals surface area contributed by atoms with E-state index in [2.05, 4.69) is 44.2 Å². The van der Waals surface area contributed by atoms with E-state index in [0.29, 0.717) is 0 Å². The zero-order valence-corrected chi connectivity index (χ0v) is 15.2. The van der Waals surface area contributed by atoms with Crippen molar-refractivity contribution < 1.29 is 4.74 Å². The van der Waals surface area contributed by atoms with E-state index in [4.69, 9.17) is 4.74 Å². The third-order valence-electron chi connectivity index (χ3n) is 4.99. The third kappa shape index (κ3) is 6.81. The topological polar surface area (TPSA) is 9.23 Å². The lowest BCUT2D eigenvalue weighted by molar-refractivity contribution is 0.306. The standard InChI is InChI=1S/C22H34O/c1-3-5-6-18-23-22-16-14-21(15-17-22)13-12-20-10-8-19(7-4-2)9-11-20/h10,14-17,19H,3-9,11-13,18H2,1-2H3. The van der Waals surface area contributed by atoms with Crippen LogP contribution < -0.4 is 4.74 Å². The number of rotatable bonds is 10. The lowest BCUT2D eigenvalue weighted by atomic mass is 9.85. The minimum atomic E-state index is 0.846. The third-order valence-corrected chi connectivity index (χ3v) is 4.99. The fourth-order valence-electron chi connectivity index (χ4n) is 3.44. The van der Waals surface area contributed by atoms with Crippen molar-refractivity contribution in [2.45, 2.75) is 78.1 Å². The molecule has 0 radical (unpaired) electrons. The second-order valence-corrected chi connectivity index (χ2v) is 6.99. The average molecular weight is 315 g/mol. The second kappa shape index (κ2) is 10.5. The predicted octanol–water partition coefficient (Wildman–Crippen LogP) is 6.71. The van der Waals surface area contributed by atoms with Gasteiger partial charge in [-0.1, -0.05) is 63.3 Å². The van der Waals surface area contributed by atoms with E-state index in [1.807, 2.05) is 0 Å². The summed E-state index contributed by atoms with van der Waals surface area (Å²) in [5, 5.41) is 0. The van der Waals surface area contributed by atoms with Gasteiger partial charge in [0.25, 0.3) is 0 Å². The van der Waals surface area contributed by atoms with E-state index in [-0.39, 0.29) is 0 Å². The van der Waals surface area contributed by atoms with E-state index in [1.54, 1.807) is 5.57 Å². The van der Waals surface area contributed by atoms with Crippen LogP contribution in [-0.4, -0.2) is 6.61 Å². The van der Waals surface area contributed by atoms with Crippen LogP contribution in [0.3, 0.4) is 0 Å². The minimum Gasteiger partial charge on any atom is -0.494 e. The lowest BCUT2D eigenvalue weighted by Crippen LogP contribution is -2.06. The van der Waals surface area contributed by atoms with E-state index in [1.165, 1.54) is 63.4 Å². The van der Waals surface area contributed by atoms with Crippen LogP contribution in [0.4, 0.5) is 0 Å². The smallest absolute Gasteiger partial charge is 0.119 e. The van der Waals surface area contributed by atoms with Crippen molar-refractivity contribution in [2.75, 3.05) is 6.61 Å². The first-order valence-corrected chi connectivity index (χ1v) is 9.71. The molecule has 2 rings (SSSR count). The number of benzene rings is 1. The van der Waals surface area contributed by atoms with E-state index in [0.717, 1.165) is 24.7 Å². The zero-order valence-electron chi connectivity index (χ0n) is 15.2. The van der Waals surface area contributed by atoms with Gasteiger partial charge in [0.1, 0.15) is 5.75 Å². The molecule has 1 nitrogen and oxygen atoms in total. The quantitative estimate of drug-likeness (QED) is 0.344. The molecule has 0 spiro atoms. The Morgan fingerprint density at radius 1 is 1.00 bits per heavy atom. The number of allylic oxidation sites excluding steroid dienone is 2. The molecule has 0 aromatic heterocycles. The van der Waals surface area contributed by atoms with Gasteiger partial charge in [0, 0.05) is 0 Å². The van der Waals surface area contributed by atoms with Crippen LogP contribution in [-0.2, 0) is 6.42 Å². The first-order chi connectivity index (χ1) is 11.3. The molecule has 0 fully saturated rings. The molecule has 1 atom stereocenters. The van der Waals surface area contributed by atoms with Gasteiger partial charge in [-0.05, 0) is 62.1 Å². The number of ether oxygens (including phenoxy) is 1. The van der Waals surface area contributed by atoms with Crippen molar-refractivity contribution in [3.05, 3.63) is 41.5 Å². The predicted molar refractivity (Wildman–Crippen MR) is 100 cm³/mol. The Morgan fingerprint density at radius 2 is 1.83 bits per heavy atom. The van der Waals surface area contributed by atoms with Gasteiger partial charge in [-0.15, -0.1) is 0 Å². The molecular weight excluding hydrogens is 280 g/mol. The molecule has 0 heterocycles. The Balaban J connectivity index is 1.70. The summed E-state index contributed by atoms with van der Waals surface area (Å²) in [6, 6.07) is 8.73. The Morgan fingerprint density at radius 3 is 2.48 bits per heavy atom. The summed E-state index contributed by atoms with van der Waals surface area (Å²) in [6.45, 7) is 5.37. The van der Waals surface area contributed by atoms with Crippen molar-refractivity contribution in [3.63, 3.8) is 0 Å². The highest BCUT2D eigenvalue weighted by Crippen LogP contribution is 2.29. The SMILES string of the molecule is CCCCCOc1ccc(CCC2=CCC(CCC)CC2)cc1. The Bertz CT molecular complexity index is 457. The summed E-state index contributed by atoms with van der Waals surface area (Å²) < 4.78 is 5.78. The van der Waals surface area contributed by atoms with Gasteiger partial charge in [-0.2, -0.15) is 0 Å². The van der Waals surface area contributed by atoms with E-state index >= 15 is 0 Å². The maximum atomic E-state index is 5.78. The molecule has 128 valence electrons. The van der Waals surface area contributed by atoms with Crippen LogP contribution in [0.2, 0.25) is 0 Å². The highest BCUT2D eigenvalue weighted by atomic mass is 16.5. The van der Waals surface area contributed by atoms with Crippen molar-refractivity contribution in [1.29, 1.82) is 0 Å². The summed E-state index contributed by atoms with van der Waals surface area (Å²) in [7, 11) is 0. The summed E-state index contributed by atoms with van der Waals surface area (Å²) >= 11 is 0. The molecule has 1 aromatic carbocycles. The Hall–Kier alpha value is -1.24. The van der Waals surface area contributed by atoms with Crippen molar-refractivity contribution in [3.8, 4) is 5.75 Å². The molecule has 1 unspecified atom stereocenters. The minimum absolute atomic E-state index is 0.846. The number of hydrogen-bond donors (Lipinski definition) is 0. The monoisotopic (exact) mass is 314 g/mol. The normalized spacial score (nSPS) is 17.8. The van der Waals surface area contributed by atoms with Crippen LogP contribution in [0, 0.1) is 5.92 Å². The molecule has 0 saturated carbocycles. The fraction of sp³-hybridized carbons (Fsp3) is 0.636. The molecule has 1 aromatic rings. The van der Waals surface area contributed by atoms with Crippen LogP contribution in [0.1, 0.15) is 77.2 Å². The van der Waals surface area contributed by atoms with Crippen LogP contribution >= 0.6 is 0 Å². The molecule has 0 saturated heterocycles. The van der Waals surface area contributed by atoms with Crippen LogP contribution in [0.15, 0.2) is 35.9 Å². The number of aryl methyl sites for hydroxylation is 1. The second-order valence-electron chi connectivity index (χ2n) is 6.99. The maximum Gasteiger partial charge on any atom is 0.119 e. The summed E-state index contributed by atoms with van der Waals surface area (Å²) in [5.74, 6) is 1.97. The molecule has 1 heteroatoms. The van der Waals surface area contributed by atoms with Crippen molar-refractivity contribution in [1.82, 2.24) is 0 Å². The highest BCUT2D eigenvalue weighted by molar-refractivity contribution is 5.28. The van der Waals surface area contributed by atoms with E-state index < -0.39 is 0 Å².